The van der Waals surface area contributed by atoms with E-state index < -0.39 is 37.4 Å². The van der Waals surface area contributed by atoms with Crippen LogP contribution in [-0.2, 0) is 22.7 Å². The summed E-state index contributed by atoms with van der Waals surface area (Å²) in [5, 5.41) is 3.20. The van der Waals surface area contributed by atoms with Crippen LogP contribution in [0.3, 0.4) is 0 Å². The molecular weight excluding hydrogens is 414 g/mol. The van der Waals surface area contributed by atoms with Crippen LogP contribution in [-0.4, -0.2) is 50.0 Å². The molecule has 1 aliphatic rings. The maximum Gasteiger partial charge on any atom is 0.380 e. The van der Waals surface area contributed by atoms with Gasteiger partial charge in [-0.1, -0.05) is 24.3 Å². The van der Waals surface area contributed by atoms with Crippen LogP contribution >= 0.6 is 0 Å². The minimum absolute atomic E-state index is 0.134. The number of hydrogen-bond acceptors (Lipinski definition) is 3. The van der Waals surface area contributed by atoms with E-state index in [0.29, 0.717) is 12.2 Å². The van der Waals surface area contributed by atoms with Crippen LogP contribution in [0, 0.1) is 0 Å². The number of benzene rings is 1. The zero-order valence-corrected chi connectivity index (χ0v) is 15.3. The summed E-state index contributed by atoms with van der Waals surface area (Å²) in [4.78, 5) is 0. The van der Waals surface area contributed by atoms with Crippen LogP contribution in [0.1, 0.15) is 24.0 Å². The molecule has 166 valence electrons. The third kappa shape index (κ3) is 5.79. The largest absolute Gasteiger partial charge is 0.380 e. The summed E-state index contributed by atoms with van der Waals surface area (Å²) in [5.41, 5.74) is 1.11. The van der Waals surface area contributed by atoms with Crippen molar-refractivity contribution in [1.29, 1.82) is 0 Å². The Bertz CT molecular complexity index is 633. The predicted octanol–water partition coefficient (Wildman–Crippen LogP) is 4.64. The van der Waals surface area contributed by atoms with E-state index in [1.54, 1.807) is 12.1 Å². The molecule has 29 heavy (non-hydrogen) atoms. The molecule has 0 radical (unpaired) electrons. The molecule has 11 heteroatoms. The molecule has 0 saturated carbocycles. The van der Waals surface area contributed by atoms with E-state index in [9.17, 15) is 35.1 Å². The van der Waals surface area contributed by atoms with Gasteiger partial charge in [0, 0.05) is 0 Å². The van der Waals surface area contributed by atoms with Crippen molar-refractivity contribution in [2.45, 2.75) is 56.4 Å². The molecular formula is C18H21F8NO2. The van der Waals surface area contributed by atoms with Gasteiger partial charge in [-0.05, 0) is 37.1 Å². The Kier molecular flexibility index (Phi) is 7.86. The van der Waals surface area contributed by atoms with E-state index in [-0.39, 0.29) is 6.10 Å². The van der Waals surface area contributed by atoms with E-state index >= 15 is 0 Å². The van der Waals surface area contributed by atoms with Crippen molar-refractivity contribution >= 4 is 0 Å². The molecule has 0 aliphatic carbocycles. The minimum atomic E-state index is -6.26. The molecule has 1 aliphatic heterocycles. The molecule has 0 atom stereocenters. The lowest BCUT2D eigenvalue weighted by Crippen LogP contribution is -2.59. The van der Waals surface area contributed by atoms with Crippen molar-refractivity contribution in [3.8, 4) is 0 Å². The molecule has 0 aromatic heterocycles. The first kappa shape index (κ1) is 23.8. The van der Waals surface area contributed by atoms with Crippen LogP contribution in [0.15, 0.2) is 24.3 Å². The monoisotopic (exact) mass is 435 g/mol. The van der Waals surface area contributed by atoms with E-state index in [2.05, 4.69) is 10.1 Å². The fourth-order valence-corrected chi connectivity index (χ4v) is 2.68. The van der Waals surface area contributed by atoms with Gasteiger partial charge in [0.2, 0.25) is 0 Å². The van der Waals surface area contributed by atoms with Crippen LogP contribution in [0.4, 0.5) is 35.1 Å². The summed E-state index contributed by atoms with van der Waals surface area (Å²) in [5.74, 6) is -17.9. The lowest BCUT2D eigenvalue weighted by Gasteiger charge is -2.32. The van der Waals surface area contributed by atoms with Gasteiger partial charge >= 0.3 is 24.2 Å². The summed E-state index contributed by atoms with van der Waals surface area (Å²) < 4.78 is 113. The van der Waals surface area contributed by atoms with Gasteiger partial charge in [-0.3, -0.25) is 0 Å². The van der Waals surface area contributed by atoms with E-state index in [4.69, 9.17) is 4.74 Å². The van der Waals surface area contributed by atoms with Crippen molar-refractivity contribution in [3.63, 3.8) is 0 Å². The summed E-state index contributed by atoms with van der Waals surface area (Å²) in [6.45, 7) is -0.648. The topological polar surface area (TPSA) is 30.5 Å². The molecule has 0 spiro atoms. The van der Waals surface area contributed by atoms with Gasteiger partial charge in [-0.25, -0.2) is 8.78 Å². The first-order valence-electron chi connectivity index (χ1n) is 8.87. The molecule has 3 nitrogen and oxygen atoms in total. The Balaban J connectivity index is 1.83. The molecule has 1 heterocycles. The van der Waals surface area contributed by atoms with E-state index in [1.165, 1.54) is 12.1 Å². The number of halogens is 8. The number of nitrogens with one attached hydrogen (secondary N) is 1. The van der Waals surface area contributed by atoms with Gasteiger partial charge in [0.05, 0.1) is 19.3 Å². The van der Waals surface area contributed by atoms with Crippen LogP contribution in [0.2, 0.25) is 0 Å². The predicted molar refractivity (Wildman–Crippen MR) is 87.6 cm³/mol. The average Bonchev–Trinajstić information content (AvgIpc) is 2.67. The quantitative estimate of drug-likeness (QED) is 0.543. The summed E-state index contributed by atoms with van der Waals surface area (Å²) in [6, 6.07) is 6.20. The summed E-state index contributed by atoms with van der Waals surface area (Å²) >= 11 is 0. The van der Waals surface area contributed by atoms with Crippen molar-refractivity contribution in [2.75, 3.05) is 19.7 Å². The van der Waals surface area contributed by atoms with E-state index in [0.717, 1.165) is 31.5 Å². The maximum atomic E-state index is 13.4. The number of hydrogen-bond donors (Lipinski definition) is 1. The molecule has 0 bridgehead atoms. The van der Waals surface area contributed by atoms with Crippen LogP contribution in [0.5, 0.6) is 0 Å². The van der Waals surface area contributed by atoms with Crippen LogP contribution in [0.25, 0.3) is 0 Å². The number of ether oxygens (including phenoxy) is 2. The highest BCUT2D eigenvalue weighted by atomic mass is 19.4. The minimum Gasteiger partial charge on any atom is -0.373 e. The third-order valence-corrected chi connectivity index (χ3v) is 4.50. The second-order valence-corrected chi connectivity index (χ2v) is 6.77. The maximum absolute atomic E-state index is 13.4. The molecule has 2 rings (SSSR count). The second kappa shape index (κ2) is 9.57. The van der Waals surface area contributed by atoms with Gasteiger partial charge in [0.25, 0.3) is 0 Å². The molecule has 0 amide bonds. The lowest BCUT2D eigenvalue weighted by atomic mass is 10.1. The highest BCUT2D eigenvalue weighted by Crippen LogP contribution is 2.48. The molecule has 1 aromatic rings. The first-order chi connectivity index (χ1) is 13.5. The smallest absolute Gasteiger partial charge is 0.373 e. The highest BCUT2D eigenvalue weighted by molar-refractivity contribution is 5.21. The SMILES string of the molecule is FC(F)C(F)(F)C(F)(F)C(F)(F)COCc1ccc(COC2CCNCC2)cc1. The lowest BCUT2D eigenvalue weighted by molar-refractivity contribution is -0.346. The fraction of sp³-hybridized carbons (Fsp3) is 0.667. The van der Waals surface area contributed by atoms with Crippen molar-refractivity contribution < 1.29 is 44.6 Å². The Labute approximate surface area is 162 Å². The van der Waals surface area contributed by atoms with Crippen molar-refractivity contribution in [1.82, 2.24) is 5.32 Å². The zero-order chi connectivity index (χ0) is 21.7. The molecule has 1 saturated heterocycles. The second-order valence-electron chi connectivity index (χ2n) is 6.77. The van der Waals surface area contributed by atoms with Crippen LogP contribution < -0.4 is 5.32 Å². The zero-order valence-electron chi connectivity index (χ0n) is 15.3. The first-order valence-corrected chi connectivity index (χ1v) is 8.87. The summed E-state index contributed by atoms with van der Waals surface area (Å²) in [6.07, 6.45) is -3.04. The number of alkyl halides is 8. The average molecular weight is 435 g/mol. The Morgan fingerprint density at radius 2 is 1.41 bits per heavy atom. The highest BCUT2D eigenvalue weighted by Gasteiger charge is 2.75. The fourth-order valence-electron chi connectivity index (χ4n) is 2.68. The third-order valence-electron chi connectivity index (χ3n) is 4.50. The van der Waals surface area contributed by atoms with E-state index in [1.807, 2.05) is 0 Å². The molecule has 1 N–H and O–H groups in total. The van der Waals surface area contributed by atoms with Gasteiger partial charge in [0.15, 0.2) is 0 Å². The van der Waals surface area contributed by atoms with Gasteiger partial charge < -0.3 is 14.8 Å². The van der Waals surface area contributed by atoms with Gasteiger partial charge in [-0.2, -0.15) is 26.3 Å². The van der Waals surface area contributed by atoms with Gasteiger partial charge in [-0.15, -0.1) is 0 Å². The molecule has 1 aromatic carbocycles. The Morgan fingerprint density at radius 1 is 0.897 bits per heavy atom. The summed E-state index contributed by atoms with van der Waals surface area (Å²) in [7, 11) is 0. The van der Waals surface area contributed by atoms with Crippen molar-refractivity contribution in [3.05, 3.63) is 35.4 Å². The molecule has 1 fully saturated rings. The number of piperidine rings is 1. The Hall–Kier alpha value is -1.46. The normalized spacial score (nSPS) is 17.1. The molecule has 0 unspecified atom stereocenters. The standard InChI is InChI=1S/C18H21F8NO2/c19-15(20)17(23,24)18(25,26)16(21,22)11-28-9-12-1-3-13(4-2-12)10-29-14-5-7-27-8-6-14/h1-4,14-15,27H,5-11H2. The van der Waals surface area contributed by atoms with Gasteiger partial charge in [0.1, 0.15) is 6.61 Å². The Morgan fingerprint density at radius 3 is 1.93 bits per heavy atom. The van der Waals surface area contributed by atoms with Crippen molar-refractivity contribution in [2.24, 2.45) is 0 Å². The number of rotatable bonds is 10.